The Labute approximate surface area is 225 Å². The summed E-state index contributed by atoms with van der Waals surface area (Å²) in [6, 6.07) is 30.6. The molecule has 1 heterocycles. The summed E-state index contributed by atoms with van der Waals surface area (Å²) < 4.78 is 6.07. The van der Waals surface area contributed by atoms with Gasteiger partial charge in [-0.15, -0.1) is 0 Å². The monoisotopic (exact) mass is 519 g/mol. The third kappa shape index (κ3) is 5.68. The molecule has 0 bridgehead atoms. The topological polar surface area (TPSA) is 77.6 Å². The molecule has 0 saturated carbocycles. The molecular formula is C31H25N3O3S. The quantitative estimate of drug-likeness (QED) is 0.117. The van der Waals surface area contributed by atoms with Gasteiger partial charge in [0.25, 0.3) is 5.69 Å². The predicted molar refractivity (Wildman–Crippen MR) is 154 cm³/mol. The number of benzene rings is 4. The summed E-state index contributed by atoms with van der Waals surface area (Å²) in [6.07, 6.45) is 1.77. The fraction of sp³-hybridized carbons (Fsp3) is 0.0968. The minimum Gasteiger partial charge on any atom is -0.488 e. The first-order valence-corrected chi connectivity index (χ1v) is 12.9. The lowest BCUT2D eigenvalue weighted by atomic mass is 10.0. The van der Waals surface area contributed by atoms with Crippen LogP contribution in [0.25, 0.3) is 21.7 Å². The van der Waals surface area contributed by atoms with Crippen LogP contribution >= 0.6 is 11.3 Å². The predicted octanol–water partition coefficient (Wildman–Crippen LogP) is 8.33. The van der Waals surface area contributed by atoms with Gasteiger partial charge in [0, 0.05) is 29.5 Å². The van der Waals surface area contributed by atoms with Gasteiger partial charge in [0.1, 0.15) is 12.4 Å². The number of hydrogen-bond donors (Lipinski definition) is 0. The molecule has 38 heavy (non-hydrogen) atoms. The van der Waals surface area contributed by atoms with Crippen LogP contribution in [0.5, 0.6) is 5.75 Å². The molecule has 0 unspecified atom stereocenters. The molecule has 6 nitrogen and oxygen atoms in total. The van der Waals surface area contributed by atoms with Crippen molar-refractivity contribution < 1.29 is 9.66 Å². The average Bonchev–Trinajstić information content (AvgIpc) is 3.35. The van der Waals surface area contributed by atoms with E-state index in [2.05, 4.69) is 32.0 Å². The van der Waals surface area contributed by atoms with Gasteiger partial charge in [0.2, 0.25) is 5.13 Å². The fourth-order valence-corrected chi connectivity index (χ4v) is 5.07. The maximum absolute atomic E-state index is 11.2. The second-order valence-electron chi connectivity index (χ2n) is 8.87. The Kier molecular flexibility index (Phi) is 7.38. The first kappa shape index (κ1) is 25.0. The lowest BCUT2D eigenvalue weighted by Crippen LogP contribution is -1.97. The molecule has 1 aromatic heterocycles. The molecule has 0 fully saturated rings. The zero-order valence-electron chi connectivity index (χ0n) is 21.0. The highest BCUT2D eigenvalue weighted by Gasteiger charge is 2.17. The summed E-state index contributed by atoms with van der Waals surface area (Å²) in [5.74, 6) is 0.738. The highest BCUT2D eigenvalue weighted by molar-refractivity contribution is 7.19. The van der Waals surface area contributed by atoms with Crippen molar-refractivity contribution in [1.82, 2.24) is 4.98 Å². The van der Waals surface area contributed by atoms with Crippen LogP contribution in [-0.4, -0.2) is 16.1 Å². The van der Waals surface area contributed by atoms with Gasteiger partial charge >= 0.3 is 0 Å². The molecule has 0 saturated heterocycles. The SMILES string of the molecule is Cc1ccc(-c2nc(N=Cc3ccccc3OCc3ccccc3)sc2-c2ccc([N+](=O)[O-])cc2)c(C)c1. The molecule has 0 N–H and O–H groups in total. The van der Waals surface area contributed by atoms with Crippen molar-refractivity contribution in [2.45, 2.75) is 20.5 Å². The van der Waals surface area contributed by atoms with Gasteiger partial charge in [-0.05, 0) is 54.8 Å². The second kappa shape index (κ2) is 11.2. The summed E-state index contributed by atoms with van der Waals surface area (Å²) >= 11 is 1.45. The molecule has 0 aliphatic heterocycles. The minimum absolute atomic E-state index is 0.0525. The normalized spacial score (nSPS) is 11.1. The number of aryl methyl sites for hydroxylation is 2. The smallest absolute Gasteiger partial charge is 0.269 e. The molecule has 0 aliphatic carbocycles. The lowest BCUT2D eigenvalue weighted by Gasteiger charge is -2.08. The van der Waals surface area contributed by atoms with Crippen molar-refractivity contribution in [2.75, 3.05) is 0 Å². The Hall–Kier alpha value is -4.62. The van der Waals surface area contributed by atoms with Crippen LogP contribution in [-0.2, 0) is 6.61 Å². The Morgan fingerprint density at radius 3 is 2.42 bits per heavy atom. The van der Waals surface area contributed by atoms with Gasteiger partial charge in [-0.3, -0.25) is 10.1 Å². The largest absolute Gasteiger partial charge is 0.488 e. The number of para-hydroxylation sites is 1. The lowest BCUT2D eigenvalue weighted by molar-refractivity contribution is -0.384. The van der Waals surface area contributed by atoms with E-state index < -0.39 is 4.92 Å². The van der Waals surface area contributed by atoms with Crippen LogP contribution in [0.3, 0.4) is 0 Å². The summed E-state index contributed by atoms with van der Waals surface area (Å²) in [6.45, 7) is 4.58. The van der Waals surface area contributed by atoms with Gasteiger partial charge in [-0.25, -0.2) is 9.98 Å². The van der Waals surface area contributed by atoms with E-state index in [1.165, 1.54) is 29.0 Å². The molecule has 188 valence electrons. The number of thiazole rings is 1. The van der Waals surface area contributed by atoms with E-state index in [4.69, 9.17) is 14.7 Å². The van der Waals surface area contributed by atoms with Crippen LogP contribution in [0, 0.1) is 24.0 Å². The van der Waals surface area contributed by atoms with Crippen molar-refractivity contribution in [3.05, 3.63) is 129 Å². The third-order valence-corrected chi connectivity index (χ3v) is 7.08. The Morgan fingerprint density at radius 2 is 1.68 bits per heavy atom. The van der Waals surface area contributed by atoms with E-state index in [9.17, 15) is 10.1 Å². The number of ether oxygens (including phenoxy) is 1. The standard InChI is InChI=1S/C31H25N3O3S/c1-21-12-17-27(22(2)18-21)29-30(24-13-15-26(16-14-24)34(35)36)38-31(33-29)32-19-25-10-6-7-11-28(25)37-20-23-8-4-3-5-9-23/h3-19H,20H2,1-2H3. The van der Waals surface area contributed by atoms with Crippen LogP contribution in [0.15, 0.2) is 102 Å². The van der Waals surface area contributed by atoms with E-state index >= 15 is 0 Å². The molecule has 5 rings (SSSR count). The van der Waals surface area contributed by atoms with Crippen LogP contribution in [0.4, 0.5) is 10.8 Å². The van der Waals surface area contributed by atoms with Crippen molar-refractivity contribution in [2.24, 2.45) is 4.99 Å². The summed E-state index contributed by atoms with van der Waals surface area (Å²) in [5.41, 5.74) is 6.94. The number of hydrogen-bond acceptors (Lipinski definition) is 6. The molecular weight excluding hydrogens is 494 g/mol. The molecule has 0 atom stereocenters. The molecule has 0 radical (unpaired) electrons. The molecule has 5 aromatic rings. The van der Waals surface area contributed by atoms with Gasteiger partial charge in [-0.1, -0.05) is 77.6 Å². The van der Waals surface area contributed by atoms with Crippen molar-refractivity contribution in [1.29, 1.82) is 0 Å². The maximum atomic E-state index is 11.2. The molecule has 0 spiro atoms. The van der Waals surface area contributed by atoms with E-state index in [0.717, 1.165) is 44.1 Å². The number of non-ortho nitro benzene ring substituents is 1. The number of nitro benzene ring substituents is 1. The van der Waals surface area contributed by atoms with Gasteiger partial charge < -0.3 is 4.74 Å². The zero-order valence-corrected chi connectivity index (χ0v) is 21.8. The van der Waals surface area contributed by atoms with Gasteiger partial charge in [0.15, 0.2) is 0 Å². The number of aromatic nitrogens is 1. The van der Waals surface area contributed by atoms with Crippen molar-refractivity contribution in [3.8, 4) is 27.4 Å². The van der Waals surface area contributed by atoms with E-state index in [1.807, 2.05) is 54.6 Å². The van der Waals surface area contributed by atoms with Crippen LogP contribution in [0.1, 0.15) is 22.3 Å². The molecule has 0 aliphatic rings. The van der Waals surface area contributed by atoms with Crippen LogP contribution < -0.4 is 4.74 Å². The fourth-order valence-electron chi connectivity index (χ4n) is 4.13. The summed E-state index contributed by atoms with van der Waals surface area (Å²) in [4.78, 5) is 21.3. The highest BCUT2D eigenvalue weighted by Crippen LogP contribution is 2.41. The number of nitro groups is 1. The summed E-state index contributed by atoms with van der Waals surface area (Å²) in [5, 5.41) is 11.7. The van der Waals surface area contributed by atoms with E-state index in [1.54, 1.807) is 18.3 Å². The number of aliphatic imine (C=N–C) groups is 1. The van der Waals surface area contributed by atoms with Crippen molar-refractivity contribution >= 4 is 28.4 Å². The van der Waals surface area contributed by atoms with Gasteiger partial charge in [-0.2, -0.15) is 0 Å². The second-order valence-corrected chi connectivity index (χ2v) is 9.84. The van der Waals surface area contributed by atoms with Crippen LogP contribution in [0.2, 0.25) is 0 Å². The Balaban J connectivity index is 1.49. The summed E-state index contributed by atoms with van der Waals surface area (Å²) in [7, 11) is 0. The number of rotatable bonds is 8. The van der Waals surface area contributed by atoms with Crippen molar-refractivity contribution in [3.63, 3.8) is 0 Å². The zero-order chi connectivity index (χ0) is 26.5. The third-order valence-electron chi connectivity index (χ3n) is 6.06. The van der Waals surface area contributed by atoms with Gasteiger partial charge in [0.05, 0.1) is 15.5 Å². The minimum atomic E-state index is -0.394. The molecule has 0 amide bonds. The molecule has 7 heteroatoms. The maximum Gasteiger partial charge on any atom is 0.269 e. The number of nitrogens with zero attached hydrogens (tertiary/aromatic N) is 3. The Bertz CT molecular complexity index is 1610. The Morgan fingerprint density at radius 1 is 0.947 bits per heavy atom. The highest BCUT2D eigenvalue weighted by atomic mass is 32.1. The van der Waals surface area contributed by atoms with E-state index in [-0.39, 0.29) is 5.69 Å². The first-order chi connectivity index (χ1) is 18.5. The van der Waals surface area contributed by atoms with E-state index in [0.29, 0.717) is 11.7 Å². The first-order valence-electron chi connectivity index (χ1n) is 12.1. The average molecular weight is 520 g/mol. The molecule has 4 aromatic carbocycles.